The lowest BCUT2D eigenvalue weighted by Crippen LogP contribution is -2.38. The highest BCUT2D eigenvalue weighted by atomic mass is 16.5. The summed E-state index contributed by atoms with van der Waals surface area (Å²) in [5.41, 5.74) is 1.65. The first-order valence-electron chi connectivity index (χ1n) is 6.98. The van der Waals surface area contributed by atoms with Crippen LogP contribution < -0.4 is 20.7 Å². The molecule has 22 heavy (non-hydrogen) atoms. The smallest absolute Gasteiger partial charge is 0.221 e. The summed E-state index contributed by atoms with van der Waals surface area (Å²) in [6.45, 7) is 3.32. The molecule has 0 fully saturated rings. The van der Waals surface area contributed by atoms with Crippen molar-refractivity contribution in [2.75, 3.05) is 39.7 Å². The monoisotopic (exact) mass is 308 g/mol. The molecule has 7 nitrogen and oxygen atoms in total. The fourth-order valence-electron chi connectivity index (χ4n) is 1.83. The number of guanidine groups is 1. The zero-order valence-electron chi connectivity index (χ0n) is 13.5. The van der Waals surface area contributed by atoms with Crippen molar-refractivity contribution in [2.45, 2.75) is 13.5 Å². The Kier molecular flexibility index (Phi) is 7.77. The van der Waals surface area contributed by atoms with Crippen LogP contribution in [-0.4, -0.2) is 46.3 Å². The number of anilines is 1. The third-order valence-electron chi connectivity index (χ3n) is 2.86. The zero-order chi connectivity index (χ0) is 16.4. The van der Waals surface area contributed by atoms with Crippen LogP contribution in [0.1, 0.15) is 12.5 Å². The first kappa shape index (κ1) is 17.8. The molecule has 1 amide bonds. The van der Waals surface area contributed by atoms with E-state index in [9.17, 15) is 4.79 Å². The molecule has 3 N–H and O–H groups in total. The van der Waals surface area contributed by atoms with Crippen molar-refractivity contribution in [3.05, 3.63) is 23.8 Å². The van der Waals surface area contributed by atoms with E-state index in [-0.39, 0.29) is 5.91 Å². The van der Waals surface area contributed by atoms with Gasteiger partial charge < -0.3 is 25.4 Å². The van der Waals surface area contributed by atoms with Crippen molar-refractivity contribution in [1.82, 2.24) is 10.6 Å². The minimum Gasteiger partial charge on any atom is -0.495 e. The molecule has 1 aromatic rings. The summed E-state index contributed by atoms with van der Waals surface area (Å²) < 4.78 is 10.2. The van der Waals surface area contributed by atoms with Gasteiger partial charge in [0, 0.05) is 34.2 Å². The maximum absolute atomic E-state index is 11.2. The average molecular weight is 308 g/mol. The SMILES string of the molecule is CN=C(NCCOC)NCc1ccc(OC)c(NC(C)=O)c1. The Labute approximate surface area is 131 Å². The summed E-state index contributed by atoms with van der Waals surface area (Å²) in [6.07, 6.45) is 0. The van der Waals surface area contributed by atoms with E-state index < -0.39 is 0 Å². The third kappa shape index (κ3) is 6.01. The van der Waals surface area contributed by atoms with Crippen LogP contribution in [0.25, 0.3) is 0 Å². The molecule has 0 radical (unpaired) electrons. The molecule has 0 bridgehead atoms. The van der Waals surface area contributed by atoms with Crippen molar-refractivity contribution in [2.24, 2.45) is 4.99 Å². The maximum atomic E-state index is 11.2. The standard InChI is InChI=1S/C15H24N4O3/c1-11(20)19-13-9-12(5-6-14(13)22-4)10-18-15(16-2)17-7-8-21-3/h5-6,9H,7-8,10H2,1-4H3,(H,19,20)(H2,16,17,18). The summed E-state index contributed by atoms with van der Waals surface area (Å²) in [7, 11) is 4.93. The van der Waals surface area contributed by atoms with E-state index in [1.165, 1.54) is 6.92 Å². The number of aliphatic imine (C=N–C) groups is 1. The topological polar surface area (TPSA) is 84.0 Å². The van der Waals surface area contributed by atoms with Gasteiger partial charge in [-0.05, 0) is 17.7 Å². The molecule has 0 aromatic heterocycles. The molecule has 1 rings (SSSR count). The normalized spacial score (nSPS) is 11.0. The summed E-state index contributed by atoms with van der Waals surface area (Å²) in [4.78, 5) is 15.4. The van der Waals surface area contributed by atoms with Crippen LogP contribution in [0.3, 0.4) is 0 Å². The molecule has 0 unspecified atom stereocenters. The van der Waals surface area contributed by atoms with Gasteiger partial charge in [0.2, 0.25) is 5.91 Å². The van der Waals surface area contributed by atoms with E-state index in [1.807, 2.05) is 18.2 Å². The van der Waals surface area contributed by atoms with Crippen LogP contribution in [0.2, 0.25) is 0 Å². The number of nitrogens with zero attached hydrogens (tertiary/aromatic N) is 1. The number of amides is 1. The number of ether oxygens (including phenoxy) is 2. The van der Waals surface area contributed by atoms with E-state index >= 15 is 0 Å². The van der Waals surface area contributed by atoms with Gasteiger partial charge in [-0.25, -0.2) is 0 Å². The fraction of sp³-hybridized carbons (Fsp3) is 0.467. The van der Waals surface area contributed by atoms with Crippen LogP contribution in [0.5, 0.6) is 5.75 Å². The summed E-state index contributed by atoms with van der Waals surface area (Å²) in [5.74, 6) is 1.18. The molecule has 0 aliphatic heterocycles. The van der Waals surface area contributed by atoms with Gasteiger partial charge in [0.05, 0.1) is 19.4 Å². The van der Waals surface area contributed by atoms with Crippen molar-refractivity contribution >= 4 is 17.6 Å². The van der Waals surface area contributed by atoms with Crippen molar-refractivity contribution in [3.63, 3.8) is 0 Å². The van der Waals surface area contributed by atoms with Crippen LogP contribution in [-0.2, 0) is 16.1 Å². The zero-order valence-corrected chi connectivity index (χ0v) is 13.5. The van der Waals surface area contributed by atoms with Crippen molar-refractivity contribution in [1.29, 1.82) is 0 Å². The second-order valence-corrected chi connectivity index (χ2v) is 4.56. The van der Waals surface area contributed by atoms with Gasteiger partial charge in [-0.3, -0.25) is 9.79 Å². The number of nitrogens with one attached hydrogen (secondary N) is 3. The second kappa shape index (κ2) is 9.62. The van der Waals surface area contributed by atoms with Gasteiger partial charge in [-0.2, -0.15) is 0 Å². The van der Waals surface area contributed by atoms with Gasteiger partial charge in [-0.15, -0.1) is 0 Å². The van der Waals surface area contributed by atoms with E-state index in [4.69, 9.17) is 9.47 Å². The number of hydrogen-bond acceptors (Lipinski definition) is 4. The molecule has 0 atom stereocenters. The quantitative estimate of drug-likeness (QED) is 0.397. The lowest BCUT2D eigenvalue weighted by Gasteiger charge is -2.14. The van der Waals surface area contributed by atoms with Crippen LogP contribution in [0.15, 0.2) is 23.2 Å². The van der Waals surface area contributed by atoms with Crippen LogP contribution in [0.4, 0.5) is 5.69 Å². The Morgan fingerprint density at radius 3 is 2.64 bits per heavy atom. The first-order chi connectivity index (χ1) is 10.6. The Bertz CT molecular complexity index is 518. The second-order valence-electron chi connectivity index (χ2n) is 4.56. The Morgan fingerprint density at radius 1 is 1.27 bits per heavy atom. The molecule has 0 aliphatic rings. The Hall–Kier alpha value is -2.28. The van der Waals surface area contributed by atoms with Gasteiger partial charge in [0.25, 0.3) is 0 Å². The highest BCUT2D eigenvalue weighted by Gasteiger charge is 2.06. The Morgan fingerprint density at radius 2 is 2.05 bits per heavy atom. The van der Waals surface area contributed by atoms with E-state index in [0.717, 1.165) is 5.56 Å². The number of rotatable bonds is 7. The lowest BCUT2D eigenvalue weighted by atomic mass is 10.2. The van der Waals surface area contributed by atoms with Gasteiger partial charge in [0.1, 0.15) is 5.75 Å². The predicted molar refractivity (Wildman–Crippen MR) is 87.4 cm³/mol. The van der Waals surface area contributed by atoms with Gasteiger partial charge in [-0.1, -0.05) is 6.07 Å². The van der Waals surface area contributed by atoms with Crippen molar-refractivity contribution < 1.29 is 14.3 Å². The fourth-order valence-corrected chi connectivity index (χ4v) is 1.83. The number of methoxy groups -OCH3 is 2. The molecule has 1 aromatic carbocycles. The summed E-state index contributed by atoms with van der Waals surface area (Å²) in [6, 6.07) is 5.62. The molecular weight excluding hydrogens is 284 g/mol. The van der Waals surface area contributed by atoms with Crippen molar-refractivity contribution in [3.8, 4) is 5.75 Å². The number of hydrogen-bond donors (Lipinski definition) is 3. The highest BCUT2D eigenvalue weighted by molar-refractivity contribution is 5.90. The molecule has 0 aliphatic carbocycles. The first-order valence-corrected chi connectivity index (χ1v) is 6.98. The Balaban J connectivity index is 2.66. The number of carbonyl (C=O) groups is 1. The minimum absolute atomic E-state index is 0.138. The lowest BCUT2D eigenvalue weighted by molar-refractivity contribution is -0.114. The summed E-state index contributed by atoms with van der Waals surface area (Å²) >= 11 is 0. The minimum atomic E-state index is -0.138. The van der Waals surface area contributed by atoms with E-state index in [1.54, 1.807) is 21.3 Å². The molecule has 122 valence electrons. The maximum Gasteiger partial charge on any atom is 0.221 e. The molecule has 0 spiro atoms. The predicted octanol–water partition coefficient (Wildman–Crippen LogP) is 0.965. The molecule has 0 heterocycles. The van der Waals surface area contributed by atoms with Gasteiger partial charge in [0.15, 0.2) is 5.96 Å². The number of carbonyl (C=O) groups excluding carboxylic acids is 1. The third-order valence-corrected chi connectivity index (χ3v) is 2.86. The van der Waals surface area contributed by atoms with E-state index in [0.29, 0.717) is 37.1 Å². The van der Waals surface area contributed by atoms with E-state index in [2.05, 4.69) is 20.9 Å². The molecule has 0 saturated heterocycles. The molecule has 0 saturated carbocycles. The summed E-state index contributed by atoms with van der Waals surface area (Å²) in [5, 5.41) is 9.08. The molecule has 7 heteroatoms. The average Bonchev–Trinajstić information content (AvgIpc) is 2.50. The van der Waals surface area contributed by atoms with Crippen LogP contribution in [0, 0.1) is 0 Å². The molecular formula is C15H24N4O3. The highest BCUT2D eigenvalue weighted by Crippen LogP contribution is 2.25. The number of benzene rings is 1. The van der Waals surface area contributed by atoms with Crippen LogP contribution >= 0.6 is 0 Å². The van der Waals surface area contributed by atoms with Gasteiger partial charge >= 0.3 is 0 Å². The largest absolute Gasteiger partial charge is 0.495 e.